The number of aromatic nitrogens is 3. The Balaban J connectivity index is 1.54. The average Bonchev–Trinajstić information content (AvgIpc) is 3.77. The van der Waals surface area contributed by atoms with Gasteiger partial charge in [0.1, 0.15) is 11.6 Å². The van der Waals surface area contributed by atoms with Crippen LogP contribution in [0.15, 0.2) is 59.9 Å². The Morgan fingerprint density at radius 3 is 2.70 bits per heavy atom. The number of rotatable bonds is 3. The van der Waals surface area contributed by atoms with Crippen LogP contribution in [-0.2, 0) is 16.0 Å². The highest BCUT2D eigenvalue weighted by atomic mass is 35.5. The molecule has 2 bridgehead atoms. The number of nitrogens with zero attached hydrogens (tertiary/aromatic N) is 5. The van der Waals surface area contributed by atoms with E-state index in [0.29, 0.717) is 35.5 Å². The lowest BCUT2D eigenvalue weighted by molar-refractivity contribution is -0.127. The third kappa shape index (κ3) is 4.31. The van der Waals surface area contributed by atoms with Crippen molar-refractivity contribution in [3.05, 3.63) is 87.6 Å². The second kappa shape index (κ2) is 10.0. The van der Waals surface area contributed by atoms with Crippen LogP contribution < -0.4 is 15.9 Å². The second-order valence-corrected chi connectivity index (χ2v) is 11.8. The SMILES string of the molecule is C=CC(=O)N1CCN(c2nc(=O)n3c4nc(c(Cl)cc24)-c2c(F)cccc2NC(=O)Cc2cccc(C(C)C)c2-3)[C@H]2C[C@H]21. The van der Waals surface area contributed by atoms with Crippen molar-refractivity contribution in [2.75, 3.05) is 23.3 Å². The third-order valence-electron chi connectivity index (χ3n) is 8.51. The molecule has 0 radical (unpaired) electrons. The van der Waals surface area contributed by atoms with E-state index in [4.69, 9.17) is 16.6 Å². The topological polar surface area (TPSA) is 100 Å². The molecule has 2 atom stereocenters. The largest absolute Gasteiger partial charge is 0.355 e. The van der Waals surface area contributed by atoms with Crippen LogP contribution >= 0.6 is 11.6 Å². The fourth-order valence-electron chi connectivity index (χ4n) is 6.47. The van der Waals surface area contributed by atoms with Gasteiger partial charge in [-0.1, -0.05) is 56.3 Å². The van der Waals surface area contributed by atoms with Gasteiger partial charge in [-0.3, -0.25) is 9.59 Å². The van der Waals surface area contributed by atoms with Crippen molar-refractivity contribution in [1.82, 2.24) is 19.4 Å². The summed E-state index contributed by atoms with van der Waals surface area (Å²) in [4.78, 5) is 53.2. The first-order valence-electron chi connectivity index (χ1n) is 14.2. The zero-order valence-corrected chi connectivity index (χ0v) is 24.4. The standard InChI is InChI=1S/C32H28ClFN6O3/c1-4-26(42)38-11-12-39(24-15-23(24)38)30-19-14-20(33)28-27-21(34)9-6-10-22(27)35-25(41)13-17-7-5-8-18(16(2)3)29(17)40(31(19)36-28)32(43)37-30/h4-10,14,16,23-24H,1,11-13,15H2,2-3H3,(H,35,41)/t23-,24+/m1/s1. The maximum atomic E-state index is 15.5. The number of carbonyl (C=O) groups is 2. The summed E-state index contributed by atoms with van der Waals surface area (Å²) in [7, 11) is 0. The van der Waals surface area contributed by atoms with Gasteiger partial charge in [-0.05, 0) is 47.7 Å². The summed E-state index contributed by atoms with van der Waals surface area (Å²) >= 11 is 6.85. The van der Waals surface area contributed by atoms with E-state index < -0.39 is 11.5 Å². The molecule has 2 amide bonds. The van der Waals surface area contributed by atoms with E-state index in [1.807, 2.05) is 30.9 Å². The van der Waals surface area contributed by atoms with Crippen molar-refractivity contribution in [2.45, 2.75) is 44.7 Å². The Labute approximate surface area is 251 Å². The first-order valence-corrected chi connectivity index (χ1v) is 14.6. The molecule has 4 aromatic rings. The van der Waals surface area contributed by atoms with E-state index >= 15 is 4.39 Å². The van der Waals surface area contributed by atoms with E-state index in [9.17, 15) is 14.4 Å². The Morgan fingerprint density at radius 1 is 1.14 bits per heavy atom. The van der Waals surface area contributed by atoms with Crippen LogP contribution in [0.2, 0.25) is 5.02 Å². The van der Waals surface area contributed by atoms with Crippen molar-refractivity contribution in [3.63, 3.8) is 0 Å². The number of hydrogen-bond donors (Lipinski definition) is 1. The minimum absolute atomic E-state index is 0.00567. The molecule has 2 fully saturated rings. The van der Waals surface area contributed by atoms with E-state index in [2.05, 4.69) is 16.9 Å². The predicted octanol–water partition coefficient (Wildman–Crippen LogP) is 4.83. The van der Waals surface area contributed by atoms with Gasteiger partial charge in [0, 0.05) is 13.1 Å². The molecule has 3 aliphatic rings. The van der Waals surface area contributed by atoms with Gasteiger partial charge in [0.25, 0.3) is 0 Å². The summed E-state index contributed by atoms with van der Waals surface area (Å²) in [5, 5.41) is 3.49. The minimum Gasteiger partial charge on any atom is -0.349 e. The molecule has 1 aliphatic carbocycles. The summed E-state index contributed by atoms with van der Waals surface area (Å²) in [6.07, 6.45) is 1.99. The number of fused-ring (bicyclic) bond motifs is 6. The number of para-hydroxylation sites is 1. The van der Waals surface area contributed by atoms with Crippen molar-refractivity contribution < 1.29 is 14.0 Å². The van der Waals surface area contributed by atoms with Crippen LogP contribution in [0.1, 0.15) is 37.3 Å². The Kier molecular flexibility index (Phi) is 6.35. The summed E-state index contributed by atoms with van der Waals surface area (Å²) < 4.78 is 16.9. The van der Waals surface area contributed by atoms with Gasteiger partial charge in [0.15, 0.2) is 5.65 Å². The van der Waals surface area contributed by atoms with Crippen molar-refractivity contribution in [2.24, 2.45) is 0 Å². The molecule has 1 N–H and O–H groups in total. The molecule has 11 heteroatoms. The van der Waals surface area contributed by atoms with Crippen molar-refractivity contribution in [3.8, 4) is 16.9 Å². The van der Waals surface area contributed by atoms with Crippen LogP contribution in [0.3, 0.4) is 0 Å². The molecule has 218 valence electrons. The number of anilines is 2. The Morgan fingerprint density at radius 2 is 1.93 bits per heavy atom. The molecule has 4 heterocycles. The molecule has 7 rings (SSSR count). The molecular weight excluding hydrogens is 571 g/mol. The second-order valence-electron chi connectivity index (χ2n) is 11.4. The van der Waals surface area contributed by atoms with E-state index in [1.54, 1.807) is 23.1 Å². The van der Waals surface area contributed by atoms with Gasteiger partial charge in [0.2, 0.25) is 11.8 Å². The lowest BCUT2D eigenvalue weighted by Crippen LogP contribution is -2.49. The van der Waals surface area contributed by atoms with E-state index in [-0.39, 0.29) is 63.9 Å². The Hall–Kier alpha value is -4.57. The smallest absolute Gasteiger partial charge is 0.349 e. The number of halogens is 2. The zero-order chi connectivity index (χ0) is 30.2. The number of hydrogen-bond acceptors (Lipinski definition) is 6. The van der Waals surface area contributed by atoms with Crippen molar-refractivity contribution >= 4 is 46.0 Å². The fourth-order valence-corrected chi connectivity index (χ4v) is 6.72. The molecular formula is C32H28ClFN6O3. The van der Waals surface area contributed by atoms with Gasteiger partial charge in [-0.25, -0.2) is 18.7 Å². The highest BCUT2D eigenvalue weighted by Crippen LogP contribution is 2.43. The van der Waals surface area contributed by atoms with Crippen LogP contribution in [0.25, 0.3) is 28.0 Å². The summed E-state index contributed by atoms with van der Waals surface area (Å²) in [6.45, 7) is 8.54. The number of nitrogens with one attached hydrogen (secondary N) is 1. The first kappa shape index (κ1) is 27.3. The van der Waals surface area contributed by atoms with Gasteiger partial charge >= 0.3 is 5.69 Å². The fraction of sp³-hybridized carbons (Fsp3) is 0.281. The average molecular weight is 599 g/mol. The zero-order valence-electron chi connectivity index (χ0n) is 23.6. The summed E-state index contributed by atoms with van der Waals surface area (Å²) in [6, 6.07) is 11.6. The summed E-state index contributed by atoms with van der Waals surface area (Å²) in [5.74, 6) is -0.702. The molecule has 0 unspecified atom stereocenters. The molecule has 2 aliphatic heterocycles. The quantitative estimate of drug-likeness (QED) is 0.339. The van der Waals surface area contributed by atoms with Crippen LogP contribution in [0.4, 0.5) is 15.9 Å². The number of carbonyl (C=O) groups excluding carboxylic acids is 2. The molecule has 0 spiro atoms. The lowest BCUT2D eigenvalue weighted by atomic mass is 9.95. The maximum absolute atomic E-state index is 15.5. The predicted molar refractivity (Wildman–Crippen MR) is 163 cm³/mol. The highest BCUT2D eigenvalue weighted by molar-refractivity contribution is 6.34. The van der Waals surface area contributed by atoms with Gasteiger partial charge in [-0.15, -0.1) is 0 Å². The monoisotopic (exact) mass is 598 g/mol. The van der Waals surface area contributed by atoms with Crippen molar-refractivity contribution in [1.29, 1.82) is 0 Å². The van der Waals surface area contributed by atoms with E-state index in [0.717, 1.165) is 12.0 Å². The van der Waals surface area contributed by atoms with Gasteiger partial charge in [-0.2, -0.15) is 4.98 Å². The highest BCUT2D eigenvalue weighted by Gasteiger charge is 2.51. The molecule has 2 aromatic heterocycles. The molecule has 9 nitrogen and oxygen atoms in total. The minimum atomic E-state index is -0.613. The Bertz CT molecular complexity index is 1940. The summed E-state index contributed by atoms with van der Waals surface area (Å²) in [5.41, 5.74) is 2.02. The molecule has 1 saturated heterocycles. The van der Waals surface area contributed by atoms with Crippen LogP contribution in [0.5, 0.6) is 0 Å². The molecule has 1 saturated carbocycles. The van der Waals surface area contributed by atoms with Crippen LogP contribution in [0, 0.1) is 5.82 Å². The lowest BCUT2D eigenvalue weighted by Gasteiger charge is -2.35. The van der Waals surface area contributed by atoms with E-state index in [1.165, 1.54) is 22.8 Å². The third-order valence-corrected chi connectivity index (χ3v) is 8.80. The van der Waals surface area contributed by atoms with Gasteiger partial charge in [0.05, 0.1) is 51.5 Å². The van der Waals surface area contributed by atoms with Crippen LogP contribution in [-0.4, -0.2) is 56.4 Å². The first-order chi connectivity index (χ1) is 20.7. The number of piperazine rings is 1. The maximum Gasteiger partial charge on any atom is 0.355 e. The van der Waals surface area contributed by atoms with Gasteiger partial charge < -0.3 is 15.1 Å². The number of pyridine rings is 1. The molecule has 43 heavy (non-hydrogen) atoms. The number of benzene rings is 2. The molecule has 2 aromatic carbocycles. The number of amides is 2. The normalized spacial score (nSPS) is 19.0.